The van der Waals surface area contributed by atoms with Crippen molar-refractivity contribution < 1.29 is 0 Å². The van der Waals surface area contributed by atoms with Gasteiger partial charge in [-0.3, -0.25) is 0 Å². The third-order valence-corrected chi connectivity index (χ3v) is 3.44. The molecule has 1 aliphatic rings. The highest BCUT2D eigenvalue weighted by molar-refractivity contribution is 7.80. The average molecular weight is 267 g/mol. The van der Waals surface area contributed by atoms with E-state index in [-0.39, 0.29) is 0 Å². The minimum Gasteiger partial charge on any atom is -0.369 e. The zero-order valence-corrected chi connectivity index (χ0v) is 11.7. The quantitative estimate of drug-likeness (QED) is 0.778. The smallest absolute Gasteiger partial charge is 0.134 e. The predicted octanol–water partition coefficient (Wildman–Crippen LogP) is 0.960. The first kappa shape index (κ1) is 13.4. The van der Waals surface area contributed by atoms with Crippen LogP contribution in [0.1, 0.15) is 6.92 Å². The van der Waals surface area contributed by atoms with E-state index in [1.807, 2.05) is 6.07 Å². The number of hydrogen-bond donors (Lipinski definition) is 2. The lowest BCUT2D eigenvalue weighted by molar-refractivity contribution is 0.270. The summed E-state index contributed by atoms with van der Waals surface area (Å²) in [6.07, 6.45) is 1.63. The number of anilines is 2. The molecule has 1 aromatic rings. The molecule has 0 aliphatic carbocycles. The molecule has 1 saturated heterocycles. The predicted molar refractivity (Wildman–Crippen MR) is 78.7 cm³/mol. The molecular formula is C12H21N5S. The number of rotatable bonds is 5. The Labute approximate surface area is 114 Å². The number of likely N-dealkylation sites (N-methyl/N-ethyl adjacent to an activating group) is 1. The number of thiol groups is 1. The second-order valence-corrected chi connectivity index (χ2v) is 4.78. The Balaban J connectivity index is 1.96. The van der Waals surface area contributed by atoms with Crippen molar-refractivity contribution in [2.24, 2.45) is 0 Å². The topological polar surface area (TPSA) is 44.3 Å². The van der Waals surface area contributed by atoms with Gasteiger partial charge in [0, 0.05) is 44.5 Å². The van der Waals surface area contributed by atoms with Crippen LogP contribution in [0.3, 0.4) is 0 Å². The number of aromatic nitrogens is 2. The Kier molecular flexibility index (Phi) is 5.07. The molecule has 1 aliphatic heterocycles. The van der Waals surface area contributed by atoms with E-state index in [0.29, 0.717) is 0 Å². The van der Waals surface area contributed by atoms with E-state index in [0.717, 1.165) is 56.7 Å². The summed E-state index contributed by atoms with van der Waals surface area (Å²) in [4.78, 5) is 13.3. The molecule has 0 bridgehead atoms. The molecule has 18 heavy (non-hydrogen) atoms. The van der Waals surface area contributed by atoms with Crippen LogP contribution in [0, 0.1) is 0 Å². The van der Waals surface area contributed by atoms with Crippen molar-refractivity contribution >= 4 is 24.3 Å². The van der Waals surface area contributed by atoms with Gasteiger partial charge in [0.15, 0.2) is 0 Å². The maximum atomic E-state index is 4.36. The largest absolute Gasteiger partial charge is 0.369 e. The first-order valence-electron chi connectivity index (χ1n) is 6.47. The average Bonchev–Trinajstić information content (AvgIpc) is 2.45. The molecule has 6 heteroatoms. The van der Waals surface area contributed by atoms with E-state index >= 15 is 0 Å². The molecule has 0 radical (unpaired) electrons. The lowest BCUT2D eigenvalue weighted by Gasteiger charge is -2.34. The summed E-state index contributed by atoms with van der Waals surface area (Å²) in [5, 5.41) is 3.23. The van der Waals surface area contributed by atoms with Crippen molar-refractivity contribution in [1.29, 1.82) is 0 Å². The molecule has 0 aromatic carbocycles. The highest BCUT2D eigenvalue weighted by atomic mass is 32.1. The Hall–Kier alpha value is -1.01. The van der Waals surface area contributed by atoms with Crippen molar-refractivity contribution in [2.75, 3.05) is 55.2 Å². The van der Waals surface area contributed by atoms with Gasteiger partial charge in [-0.05, 0) is 6.54 Å². The third-order valence-electron chi connectivity index (χ3n) is 3.21. The molecule has 2 rings (SSSR count). The third kappa shape index (κ3) is 3.49. The van der Waals surface area contributed by atoms with Crippen LogP contribution in [0.4, 0.5) is 11.6 Å². The summed E-state index contributed by atoms with van der Waals surface area (Å²) >= 11 is 4.18. The Morgan fingerprint density at radius 2 is 2.06 bits per heavy atom. The highest BCUT2D eigenvalue weighted by Gasteiger charge is 2.16. The van der Waals surface area contributed by atoms with Gasteiger partial charge < -0.3 is 15.1 Å². The summed E-state index contributed by atoms with van der Waals surface area (Å²) in [7, 11) is 0. The normalized spacial score (nSPS) is 16.9. The Morgan fingerprint density at radius 1 is 1.28 bits per heavy atom. The molecule has 2 heterocycles. The fraction of sp³-hybridized carbons (Fsp3) is 0.667. The molecular weight excluding hydrogens is 246 g/mol. The van der Waals surface area contributed by atoms with Gasteiger partial charge >= 0.3 is 0 Å². The summed E-state index contributed by atoms with van der Waals surface area (Å²) < 4.78 is 0. The number of piperazine rings is 1. The van der Waals surface area contributed by atoms with Crippen LogP contribution < -0.4 is 10.2 Å². The first-order chi connectivity index (χ1) is 8.83. The maximum absolute atomic E-state index is 4.36. The van der Waals surface area contributed by atoms with Crippen LogP contribution >= 0.6 is 12.6 Å². The van der Waals surface area contributed by atoms with E-state index in [9.17, 15) is 0 Å². The van der Waals surface area contributed by atoms with Crippen LogP contribution in [0.15, 0.2) is 12.4 Å². The van der Waals surface area contributed by atoms with E-state index in [4.69, 9.17) is 0 Å². The van der Waals surface area contributed by atoms with E-state index < -0.39 is 0 Å². The van der Waals surface area contributed by atoms with Crippen LogP contribution in [0.5, 0.6) is 0 Å². The van der Waals surface area contributed by atoms with Gasteiger partial charge in [-0.1, -0.05) is 6.92 Å². The lowest BCUT2D eigenvalue weighted by Crippen LogP contribution is -2.46. The van der Waals surface area contributed by atoms with Crippen LogP contribution in [0.25, 0.3) is 0 Å². The summed E-state index contributed by atoms with van der Waals surface area (Å²) in [5.41, 5.74) is 0. The summed E-state index contributed by atoms with van der Waals surface area (Å²) in [6, 6.07) is 2.02. The lowest BCUT2D eigenvalue weighted by atomic mass is 10.3. The molecule has 100 valence electrons. The molecule has 1 N–H and O–H groups in total. The van der Waals surface area contributed by atoms with Crippen molar-refractivity contribution in [3.63, 3.8) is 0 Å². The van der Waals surface area contributed by atoms with Gasteiger partial charge in [-0.25, -0.2) is 9.97 Å². The van der Waals surface area contributed by atoms with Crippen LogP contribution in [0.2, 0.25) is 0 Å². The number of nitrogens with one attached hydrogen (secondary N) is 1. The first-order valence-corrected chi connectivity index (χ1v) is 7.11. The molecule has 0 saturated carbocycles. The SMILES string of the molecule is CCN1CCN(c2cc(NCCS)ncn2)CC1. The molecule has 1 aromatic heterocycles. The second kappa shape index (κ2) is 6.80. The molecule has 5 nitrogen and oxygen atoms in total. The zero-order chi connectivity index (χ0) is 12.8. The summed E-state index contributed by atoms with van der Waals surface area (Å²) in [6.45, 7) is 8.46. The van der Waals surface area contributed by atoms with Crippen molar-refractivity contribution in [3.05, 3.63) is 12.4 Å². The van der Waals surface area contributed by atoms with E-state index in [2.05, 4.69) is 44.6 Å². The second-order valence-electron chi connectivity index (χ2n) is 4.33. The fourth-order valence-corrected chi connectivity index (χ4v) is 2.21. The molecule has 0 amide bonds. The molecule has 0 unspecified atom stereocenters. The monoisotopic (exact) mass is 267 g/mol. The van der Waals surface area contributed by atoms with Crippen molar-refractivity contribution in [2.45, 2.75) is 6.92 Å². The van der Waals surface area contributed by atoms with Gasteiger partial charge in [0.05, 0.1) is 0 Å². The van der Waals surface area contributed by atoms with E-state index in [1.165, 1.54) is 0 Å². The minimum atomic E-state index is 0.800. The molecule has 0 spiro atoms. The fourth-order valence-electron chi connectivity index (χ4n) is 2.09. The van der Waals surface area contributed by atoms with Gasteiger partial charge in [0.2, 0.25) is 0 Å². The molecule has 1 fully saturated rings. The highest BCUT2D eigenvalue weighted by Crippen LogP contribution is 2.15. The van der Waals surface area contributed by atoms with Gasteiger partial charge in [0.1, 0.15) is 18.0 Å². The van der Waals surface area contributed by atoms with Crippen LogP contribution in [-0.2, 0) is 0 Å². The Bertz CT molecular complexity index is 365. The number of nitrogens with zero attached hydrogens (tertiary/aromatic N) is 4. The van der Waals surface area contributed by atoms with Crippen molar-refractivity contribution in [1.82, 2.24) is 14.9 Å². The van der Waals surface area contributed by atoms with Crippen LogP contribution in [-0.4, -0.2) is 59.9 Å². The van der Waals surface area contributed by atoms with Crippen molar-refractivity contribution in [3.8, 4) is 0 Å². The molecule has 0 atom stereocenters. The van der Waals surface area contributed by atoms with Gasteiger partial charge in [-0.15, -0.1) is 0 Å². The van der Waals surface area contributed by atoms with E-state index in [1.54, 1.807) is 6.33 Å². The summed E-state index contributed by atoms with van der Waals surface area (Å²) in [5.74, 6) is 2.70. The van der Waals surface area contributed by atoms with Gasteiger partial charge in [-0.2, -0.15) is 12.6 Å². The number of hydrogen-bond acceptors (Lipinski definition) is 6. The standard InChI is InChI=1S/C12H21N5S/c1-2-16-4-6-17(7-5-16)12-9-11(13-3-8-18)14-10-15-12/h9-10,18H,2-8H2,1H3,(H,13,14,15). The zero-order valence-electron chi connectivity index (χ0n) is 10.8. The van der Waals surface area contributed by atoms with Gasteiger partial charge in [0.25, 0.3) is 0 Å². The Morgan fingerprint density at radius 3 is 2.72 bits per heavy atom. The maximum Gasteiger partial charge on any atom is 0.134 e. The minimum absolute atomic E-state index is 0.800.